The van der Waals surface area contributed by atoms with E-state index in [0.717, 1.165) is 12.8 Å². The molecule has 0 fully saturated rings. The summed E-state index contributed by atoms with van der Waals surface area (Å²) in [7, 11) is 0. The van der Waals surface area contributed by atoms with Gasteiger partial charge in [0, 0.05) is 28.4 Å². The first-order chi connectivity index (χ1) is 12.5. The second-order valence-corrected chi connectivity index (χ2v) is 6.45. The summed E-state index contributed by atoms with van der Waals surface area (Å²) in [5.41, 5.74) is 1.59. The molecule has 26 heavy (non-hydrogen) atoms. The number of hydrogen-bond donors (Lipinski definition) is 3. The van der Waals surface area contributed by atoms with Crippen molar-refractivity contribution in [3.63, 3.8) is 0 Å². The third kappa shape index (κ3) is 6.13. The zero-order chi connectivity index (χ0) is 18.9. The van der Waals surface area contributed by atoms with Gasteiger partial charge in [-0.15, -0.1) is 0 Å². The van der Waals surface area contributed by atoms with E-state index < -0.39 is 0 Å². The maximum Gasteiger partial charge on any atom is 0.257 e. The Morgan fingerprint density at radius 1 is 1.04 bits per heavy atom. The van der Waals surface area contributed by atoms with Crippen molar-refractivity contribution in [2.24, 2.45) is 0 Å². The summed E-state index contributed by atoms with van der Waals surface area (Å²) >= 11 is 11.0. The van der Waals surface area contributed by atoms with Crippen molar-refractivity contribution >= 4 is 46.4 Å². The SMILES string of the molecule is CCCCNC(=O)c1cccc(NC(=S)NC(=O)c2ccc(Cl)cc2)c1. The molecule has 0 radical (unpaired) electrons. The minimum Gasteiger partial charge on any atom is -0.352 e. The summed E-state index contributed by atoms with van der Waals surface area (Å²) in [4.78, 5) is 24.2. The number of hydrogen-bond acceptors (Lipinski definition) is 3. The molecule has 0 atom stereocenters. The quantitative estimate of drug-likeness (QED) is 0.516. The Labute approximate surface area is 163 Å². The predicted octanol–water partition coefficient (Wildman–Crippen LogP) is 4.00. The molecule has 0 unspecified atom stereocenters. The maximum atomic E-state index is 12.1. The molecule has 0 saturated heterocycles. The van der Waals surface area contributed by atoms with Crippen molar-refractivity contribution in [1.29, 1.82) is 0 Å². The van der Waals surface area contributed by atoms with Crippen LogP contribution in [-0.2, 0) is 0 Å². The summed E-state index contributed by atoms with van der Waals surface area (Å²) in [6.07, 6.45) is 1.95. The van der Waals surface area contributed by atoms with E-state index >= 15 is 0 Å². The standard InChI is InChI=1S/C19H20ClN3O2S/c1-2-3-11-21-17(24)14-5-4-6-16(12-14)22-19(26)23-18(25)13-7-9-15(20)10-8-13/h4-10,12H,2-3,11H2,1H3,(H,21,24)(H2,22,23,25,26). The number of thiocarbonyl (C=S) groups is 1. The monoisotopic (exact) mass is 389 g/mol. The highest BCUT2D eigenvalue weighted by Gasteiger charge is 2.09. The first-order valence-corrected chi connectivity index (χ1v) is 9.04. The molecule has 0 spiro atoms. The number of anilines is 1. The largest absolute Gasteiger partial charge is 0.352 e. The Morgan fingerprint density at radius 3 is 2.46 bits per heavy atom. The average Bonchev–Trinajstić information content (AvgIpc) is 2.62. The Kier molecular flexibility index (Phi) is 7.56. The molecule has 0 heterocycles. The highest BCUT2D eigenvalue weighted by molar-refractivity contribution is 7.80. The summed E-state index contributed by atoms with van der Waals surface area (Å²) in [5, 5.41) is 9.06. The minimum absolute atomic E-state index is 0.141. The van der Waals surface area contributed by atoms with Crippen LogP contribution in [0.5, 0.6) is 0 Å². The van der Waals surface area contributed by atoms with Gasteiger partial charge in [-0.1, -0.05) is 31.0 Å². The van der Waals surface area contributed by atoms with Crippen LogP contribution in [-0.4, -0.2) is 23.5 Å². The summed E-state index contributed by atoms with van der Waals surface area (Å²) in [6, 6.07) is 13.4. The van der Waals surface area contributed by atoms with E-state index in [1.165, 1.54) is 0 Å². The van der Waals surface area contributed by atoms with Crippen LogP contribution in [0.1, 0.15) is 40.5 Å². The van der Waals surface area contributed by atoms with Crippen molar-refractivity contribution in [3.8, 4) is 0 Å². The van der Waals surface area contributed by atoms with E-state index in [-0.39, 0.29) is 16.9 Å². The number of unbranched alkanes of at least 4 members (excludes halogenated alkanes) is 1. The van der Waals surface area contributed by atoms with Crippen LogP contribution in [0.4, 0.5) is 5.69 Å². The Bertz CT molecular complexity index is 794. The Morgan fingerprint density at radius 2 is 1.77 bits per heavy atom. The molecule has 2 rings (SSSR count). The van der Waals surface area contributed by atoms with Gasteiger partial charge in [-0.2, -0.15) is 0 Å². The number of halogens is 1. The van der Waals surface area contributed by atoms with Crippen molar-refractivity contribution in [3.05, 3.63) is 64.7 Å². The number of rotatable bonds is 6. The van der Waals surface area contributed by atoms with E-state index in [4.69, 9.17) is 23.8 Å². The van der Waals surface area contributed by atoms with Gasteiger partial charge < -0.3 is 10.6 Å². The lowest BCUT2D eigenvalue weighted by Crippen LogP contribution is -2.34. The van der Waals surface area contributed by atoms with Gasteiger partial charge in [0.15, 0.2) is 5.11 Å². The highest BCUT2D eigenvalue weighted by atomic mass is 35.5. The first-order valence-electron chi connectivity index (χ1n) is 8.25. The maximum absolute atomic E-state index is 12.1. The fraction of sp³-hybridized carbons (Fsp3) is 0.211. The summed E-state index contributed by atoms with van der Waals surface area (Å²) < 4.78 is 0. The van der Waals surface area contributed by atoms with Crippen molar-refractivity contribution in [2.75, 3.05) is 11.9 Å². The molecule has 0 aliphatic rings. The normalized spacial score (nSPS) is 10.1. The third-order valence-electron chi connectivity index (χ3n) is 3.53. The Balaban J connectivity index is 1.94. The highest BCUT2D eigenvalue weighted by Crippen LogP contribution is 2.12. The van der Waals surface area contributed by atoms with Crippen LogP contribution < -0.4 is 16.0 Å². The van der Waals surface area contributed by atoms with Crippen LogP contribution in [0.3, 0.4) is 0 Å². The molecule has 0 bridgehead atoms. The van der Waals surface area contributed by atoms with Gasteiger partial charge in [0.05, 0.1) is 0 Å². The van der Waals surface area contributed by atoms with Crippen LogP contribution in [0.25, 0.3) is 0 Å². The lowest BCUT2D eigenvalue weighted by molar-refractivity contribution is 0.0950. The zero-order valence-corrected chi connectivity index (χ0v) is 15.9. The minimum atomic E-state index is -0.340. The fourth-order valence-electron chi connectivity index (χ4n) is 2.16. The fourth-order valence-corrected chi connectivity index (χ4v) is 2.49. The second-order valence-electron chi connectivity index (χ2n) is 5.61. The van der Waals surface area contributed by atoms with Gasteiger partial charge in [0.2, 0.25) is 0 Å². The number of nitrogens with one attached hydrogen (secondary N) is 3. The third-order valence-corrected chi connectivity index (χ3v) is 3.99. The van der Waals surface area contributed by atoms with E-state index in [1.54, 1.807) is 48.5 Å². The molecule has 136 valence electrons. The smallest absolute Gasteiger partial charge is 0.257 e. The number of benzene rings is 2. The van der Waals surface area contributed by atoms with E-state index in [2.05, 4.69) is 22.9 Å². The van der Waals surface area contributed by atoms with Crippen LogP contribution in [0, 0.1) is 0 Å². The molecular weight excluding hydrogens is 370 g/mol. The average molecular weight is 390 g/mol. The predicted molar refractivity (Wildman–Crippen MR) is 109 cm³/mol. The summed E-state index contributed by atoms with van der Waals surface area (Å²) in [6.45, 7) is 2.71. The van der Waals surface area contributed by atoms with Gasteiger partial charge in [-0.05, 0) is 61.1 Å². The number of amides is 2. The van der Waals surface area contributed by atoms with Crippen molar-refractivity contribution in [1.82, 2.24) is 10.6 Å². The van der Waals surface area contributed by atoms with E-state index in [0.29, 0.717) is 28.4 Å². The van der Waals surface area contributed by atoms with Crippen molar-refractivity contribution < 1.29 is 9.59 Å². The molecule has 2 aromatic carbocycles. The molecule has 0 aromatic heterocycles. The van der Waals surface area contributed by atoms with E-state index in [9.17, 15) is 9.59 Å². The lowest BCUT2D eigenvalue weighted by atomic mass is 10.2. The van der Waals surface area contributed by atoms with Gasteiger partial charge in [0.1, 0.15) is 0 Å². The number of carbonyl (C=O) groups is 2. The Hall–Kier alpha value is -2.44. The first kappa shape index (κ1) is 19.9. The second kappa shape index (κ2) is 9.89. The molecule has 2 amide bonds. The molecule has 0 saturated carbocycles. The molecule has 7 heteroatoms. The van der Waals surface area contributed by atoms with Gasteiger partial charge >= 0.3 is 0 Å². The summed E-state index contributed by atoms with van der Waals surface area (Å²) in [5.74, 6) is -0.481. The molecule has 2 aromatic rings. The molecule has 0 aliphatic heterocycles. The topological polar surface area (TPSA) is 70.2 Å². The molecular formula is C19H20ClN3O2S. The van der Waals surface area contributed by atoms with Crippen molar-refractivity contribution in [2.45, 2.75) is 19.8 Å². The van der Waals surface area contributed by atoms with Crippen LogP contribution >= 0.6 is 23.8 Å². The number of carbonyl (C=O) groups excluding carboxylic acids is 2. The molecule has 3 N–H and O–H groups in total. The van der Waals surface area contributed by atoms with Gasteiger partial charge in [-0.3, -0.25) is 14.9 Å². The lowest BCUT2D eigenvalue weighted by Gasteiger charge is -2.11. The van der Waals surface area contributed by atoms with E-state index in [1.807, 2.05) is 0 Å². The zero-order valence-electron chi connectivity index (χ0n) is 14.3. The van der Waals surface area contributed by atoms with Crippen LogP contribution in [0.15, 0.2) is 48.5 Å². The van der Waals surface area contributed by atoms with Gasteiger partial charge in [0.25, 0.3) is 11.8 Å². The van der Waals surface area contributed by atoms with Crippen LogP contribution in [0.2, 0.25) is 5.02 Å². The van der Waals surface area contributed by atoms with Gasteiger partial charge in [-0.25, -0.2) is 0 Å². The molecule has 0 aliphatic carbocycles. The molecule has 5 nitrogen and oxygen atoms in total.